The quantitative estimate of drug-likeness (QED) is 0.765. The van der Waals surface area contributed by atoms with Crippen molar-refractivity contribution in [3.63, 3.8) is 0 Å². The molecule has 3 heteroatoms. The van der Waals surface area contributed by atoms with E-state index < -0.39 is 0 Å². The number of nitrogens with two attached hydrogens (primary N) is 1. The number of nitrogens with zero attached hydrogens (tertiary/aromatic N) is 1. The molecule has 0 amide bonds. The fourth-order valence-corrected chi connectivity index (χ4v) is 1.61. The van der Waals surface area contributed by atoms with E-state index in [0.29, 0.717) is 6.54 Å². The molecule has 16 heavy (non-hydrogen) atoms. The van der Waals surface area contributed by atoms with Crippen molar-refractivity contribution in [2.45, 2.75) is 25.8 Å². The van der Waals surface area contributed by atoms with Gasteiger partial charge in [0, 0.05) is 25.3 Å². The smallest absolute Gasteiger partial charge is 0.0606 e. The molecule has 1 rings (SSSR count). The molecule has 0 heterocycles. The summed E-state index contributed by atoms with van der Waals surface area (Å²) in [5.74, 6) is 0. The highest BCUT2D eigenvalue weighted by molar-refractivity contribution is 5.46. The Hall–Kier alpha value is -1.06. The monoisotopic (exact) mass is 222 g/mol. The zero-order chi connectivity index (χ0) is 12.0. The van der Waals surface area contributed by atoms with Crippen LogP contribution in [0.25, 0.3) is 0 Å². The van der Waals surface area contributed by atoms with Crippen LogP contribution in [0.4, 0.5) is 5.69 Å². The van der Waals surface area contributed by atoms with Gasteiger partial charge in [-0.3, -0.25) is 0 Å². The van der Waals surface area contributed by atoms with Gasteiger partial charge in [0.15, 0.2) is 0 Å². The lowest BCUT2D eigenvalue weighted by molar-refractivity contribution is 0.304. The third-order valence-corrected chi connectivity index (χ3v) is 2.83. The van der Waals surface area contributed by atoms with Gasteiger partial charge in [-0.2, -0.15) is 0 Å². The number of hydrogen-bond donors (Lipinski definition) is 2. The molecule has 0 bridgehead atoms. The molecule has 1 aromatic carbocycles. The normalized spacial score (nSPS) is 12.5. The maximum Gasteiger partial charge on any atom is 0.0606 e. The molecule has 0 saturated carbocycles. The lowest BCUT2D eigenvalue weighted by atomic mass is 10.0. The zero-order valence-electron chi connectivity index (χ0n) is 10.2. The minimum Gasteiger partial charge on any atom is -0.395 e. The highest BCUT2D eigenvalue weighted by Gasteiger charge is 2.03. The molecule has 0 spiro atoms. The number of anilines is 1. The van der Waals surface area contributed by atoms with Gasteiger partial charge in [-0.25, -0.2) is 0 Å². The SMILES string of the molecule is CCC(N)Cc1ccc(N(C)CCO)cc1. The first-order valence-corrected chi connectivity index (χ1v) is 5.84. The van der Waals surface area contributed by atoms with E-state index in [1.807, 2.05) is 11.9 Å². The van der Waals surface area contributed by atoms with Crippen molar-refractivity contribution < 1.29 is 5.11 Å². The second kappa shape index (κ2) is 6.51. The summed E-state index contributed by atoms with van der Waals surface area (Å²) in [5.41, 5.74) is 8.31. The Kier molecular flexibility index (Phi) is 5.29. The van der Waals surface area contributed by atoms with Crippen molar-refractivity contribution in [3.05, 3.63) is 29.8 Å². The zero-order valence-corrected chi connectivity index (χ0v) is 10.2. The van der Waals surface area contributed by atoms with E-state index in [1.165, 1.54) is 5.56 Å². The maximum atomic E-state index is 8.85. The van der Waals surface area contributed by atoms with Gasteiger partial charge < -0.3 is 15.7 Å². The van der Waals surface area contributed by atoms with E-state index in [0.717, 1.165) is 18.5 Å². The third kappa shape index (κ3) is 3.83. The summed E-state index contributed by atoms with van der Waals surface area (Å²) >= 11 is 0. The van der Waals surface area contributed by atoms with Crippen molar-refractivity contribution in [1.82, 2.24) is 0 Å². The Bertz CT molecular complexity index is 297. The molecule has 0 aliphatic rings. The van der Waals surface area contributed by atoms with Crippen LogP contribution in [-0.2, 0) is 6.42 Å². The molecule has 1 aromatic rings. The van der Waals surface area contributed by atoms with Gasteiger partial charge in [0.05, 0.1) is 6.61 Å². The molecular formula is C13H22N2O. The molecular weight excluding hydrogens is 200 g/mol. The molecule has 3 nitrogen and oxygen atoms in total. The number of aliphatic hydroxyl groups is 1. The highest BCUT2D eigenvalue weighted by atomic mass is 16.3. The number of hydrogen-bond acceptors (Lipinski definition) is 3. The topological polar surface area (TPSA) is 49.5 Å². The van der Waals surface area contributed by atoms with Crippen LogP contribution >= 0.6 is 0 Å². The largest absolute Gasteiger partial charge is 0.395 e. The predicted octanol–water partition coefficient (Wildman–Crippen LogP) is 1.39. The minimum absolute atomic E-state index is 0.180. The second-order valence-corrected chi connectivity index (χ2v) is 4.18. The van der Waals surface area contributed by atoms with Crippen LogP contribution in [0.15, 0.2) is 24.3 Å². The van der Waals surface area contributed by atoms with Crippen LogP contribution in [0.3, 0.4) is 0 Å². The first kappa shape index (κ1) is 13.0. The average molecular weight is 222 g/mol. The maximum absolute atomic E-state index is 8.85. The standard InChI is InChI=1S/C13H22N2O/c1-3-12(14)10-11-4-6-13(7-5-11)15(2)8-9-16/h4-7,12,16H,3,8-10,14H2,1-2H3. The van der Waals surface area contributed by atoms with E-state index in [9.17, 15) is 0 Å². The Morgan fingerprint density at radius 3 is 2.44 bits per heavy atom. The predicted molar refractivity (Wildman–Crippen MR) is 68.8 cm³/mol. The third-order valence-electron chi connectivity index (χ3n) is 2.83. The molecule has 0 aliphatic heterocycles. The van der Waals surface area contributed by atoms with Crippen molar-refractivity contribution in [2.24, 2.45) is 5.73 Å². The first-order chi connectivity index (χ1) is 7.67. The van der Waals surface area contributed by atoms with Crippen molar-refractivity contribution in [3.8, 4) is 0 Å². The summed E-state index contributed by atoms with van der Waals surface area (Å²) in [6.07, 6.45) is 1.94. The Balaban J connectivity index is 2.60. The van der Waals surface area contributed by atoms with Crippen LogP contribution in [0.5, 0.6) is 0 Å². The van der Waals surface area contributed by atoms with E-state index in [-0.39, 0.29) is 12.6 Å². The average Bonchev–Trinajstić information content (AvgIpc) is 2.30. The number of rotatable bonds is 6. The fraction of sp³-hybridized carbons (Fsp3) is 0.538. The minimum atomic E-state index is 0.180. The summed E-state index contributed by atoms with van der Waals surface area (Å²) in [7, 11) is 1.98. The molecule has 0 aromatic heterocycles. The number of likely N-dealkylation sites (N-methyl/N-ethyl adjacent to an activating group) is 1. The van der Waals surface area contributed by atoms with Crippen molar-refractivity contribution in [2.75, 3.05) is 25.1 Å². The molecule has 3 N–H and O–H groups in total. The number of benzene rings is 1. The Labute approximate surface area is 97.9 Å². The van der Waals surface area contributed by atoms with Crippen LogP contribution in [-0.4, -0.2) is 31.3 Å². The van der Waals surface area contributed by atoms with E-state index in [2.05, 4.69) is 31.2 Å². The van der Waals surface area contributed by atoms with Crippen LogP contribution in [0.1, 0.15) is 18.9 Å². The molecule has 1 atom stereocenters. The van der Waals surface area contributed by atoms with Crippen molar-refractivity contribution >= 4 is 5.69 Å². The molecule has 0 aliphatic carbocycles. The summed E-state index contributed by atoms with van der Waals surface area (Å²) < 4.78 is 0. The van der Waals surface area contributed by atoms with Gasteiger partial charge in [0.2, 0.25) is 0 Å². The number of aliphatic hydroxyl groups excluding tert-OH is 1. The molecule has 1 unspecified atom stereocenters. The van der Waals surface area contributed by atoms with Crippen LogP contribution in [0.2, 0.25) is 0 Å². The van der Waals surface area contributed by atoms with Crippen molar-refractivity contribution in [1.29, 1.82) is 0 Å². The van der Waals surface area contributed by atoms with Gasteiger partial charge in [-0.15, -0.1) is 0 Å². The van der Waals surface area contributed by atoms with Crippen LogP contribution in [0, 0.1) is 0 Å². The van der Waals surface area contributed by atoms with Gasteiger partial charge in [0.25, 0.3) is 0 Å². The second-order valence-electron chi connectivity index (χ2n) is 4.18. The molecule has 0 radical (unpaired) electrons. The van der Waals surface area contributed by atoms with E-state index in [4.69, 9.17) is 10.8 Å². The summed E-state index contributed by atoms with van der Waals surface area (Å²) in [4.78, 5) is 2.03. The van der Waals surface area contributed by atoms with Crippen LogP contribution < -0.4 is 10.6 Å². The van der Waals surface area contributed by atoms with Gasteiger partial charge in [-0.1, -0.05) is 19.1 Å². The summed E-state index contributed by atoms with van der Waals surface area (Å²) in [6, 6.07) is 8.62. The Morgan fingerprint density at radius 1 is 1.31 bits per heavy atom. The lowest BCUT2D eigenvalue weighted by Crippen LogP contribution is -2.22. The lowest BCUT2D eigenvalue weighted by Gasteiger charge is -2.18. The molecule has 0 saturated heterocycles. The van der Waals surface area contributed by atoms with E-state index >= 15 is 0 Å². The Morgan fingerprint density at radius 2 is 1.94 bits per heavy atom. The molecule has 90 valence electrons. The highest BCUT2D eigenvalue weighted by Crippen LogP contribution is 2.14. The fourth-order valence-electron chi connectivity index (χ4n) is 1.61. The molecule has 0 fully saturated rings. The summed E-state index contributed by atoms with van der Waals surface area (Å²) in [6.45, 7) is 2.95. The summed E-state index contributed by atoms with van der Waals surface area (Å²) in [5, 5.41) is 8.85. The van der Waals surface area contributed by atoms with Gasteiger partial charge in [0.1, 0.15) is 0 Å². The van der Waals surface area contributed by atoms with Gasteiger partial charge >= 0.3 is 0 Å². The van der Waals surface area contributed by atoms with Gasteiger partial charge in [-0.05, 0) is 30.5 Å². The first-order valence-electron chi connectivity index (χ1n) is 5.84. The van der Waals surface area contributed by atoms with E-state index in [1.54, 1.807) is 0 Å².